The summed E-state index contributed by atoms with van der Waals surface area (Å²) in [5.74, 6) is 0.204. The number of nitrogens with zero attached hydrogens (tertiary/aromatic N) is 1. The lowest BCUT2D eigenvalue weighted by Crippen LogP contribution is -2.14. The van der Waals surface area contributed by atoms with Gasteiger partial charge >= 0.3 is 0 Å². The van der Waals surface area contributed by atoms with Crippen LogP contribution in [0.25, 0.3) is 38.9 Å². The fourth-order valence-corrected chi connectivity index (χ4v) is 3.44. The van der Waals surface area contributed by atoms with E-state index in [1.807, 2.05) is 60.7 Å². The van der Waals surface area contributed by atoms with Crippen LogP contribution in [0.3, 0.4) is 0 Å². The van der Waals surface area contributed by atoms with Gasteiger partial charge in [0.05, 0.1) is 5.56 Å². The molecule has 0 aliphatic heterocycles. The molecule has 4 aromatic rings. The highest BCUT2D eigenvalue weighted by molar-refractivity contribution is 6.01. The first-order valence-electron chi connectivity index (χ1n) is 9.34. The highest BCUT2D eigenvalue weighted by atomic mass is 16.6. The molecular formula is C25H20N2O2. The summed E-state index contributed by atoms with van der Waals surface area (Å²) in [7, 11) is 0. The largest absolute Gasteiger partial charge is 0.357 e. The molecule has 0 amide bonds. The number of hydrogen-bond acceptors (Lipinski definition) is 3. The second kappa shape index (κ2) is 7.98. The minimum Gasteiger partial charge on any atom is -0.357 e. The van der Waals surface area contributed by atoms with E-state index in [-0.39, 0.29) is 11.3 Å². The number of rotatable bonds is 5. The molecule has 0 fully saturated rings. The lowest BCUT2D eigenvalue weighted by atomic mass is 9.93. The average Bonchev–Trinajstić information content (AvgIpc) is 2.77. The van der Waals surface area contributed by atoms with Crippen LogP contribution < -0.4 is 5.56 Å². The topological polar surface area (TPSA) is 54.4 Å². The van der Waals surface area contributed by atoms with Crippen LogP contribution in [-0.4, -0.2) is 11.2 Å². The van der Waals surface area contributed by atoms with Gasteiger partial charge in [-0.3, -0.25) is 4.79 Å². The van der Waals surface area contributed by atoms with Gasteiger partial charge in [0, 0.05) is 22.7 Å². The summed E-state index contributed by atoms with van der Waals surface area (Å²) in [6.07, 6.45) is 1.51. The third kappa shape index (κ3) is 3.60. The minimum absolute atomic E-state index is 0.204. The van der Waals surface area contributed by atoms with Gasteiger partial charge in [0.25, 0.3) is 5.56 Å². The van der Waals surface area contributed by atoms with Crippen molar-refractivity contribution in [2.45, 2.75) is 6.92 Å². The Bertz CT molecular complexity index is 1260. The number of benzene rings is 3. The lowest BCUT2D eigenvalue weighted by Gasteiger charge is -2.14. The molecule has 0 radical (unpaired) electrons. The summed E-state index contributed by atoms with van der Waals surface area (Å²) in [5.41, 5.74) is 4.72. The van der Waals surface area contributed by atoms with Crippen LogP contribution in [0, 0.1) is 0 Å². The Kier molecular flexibility index (Phi) is 5.08. The molecule has 0 unspecified atom stereocenters. The van der Waals surface area contributed by atoms with Crippen molar-refractivity contribution in [3.63, 3.8) is 0 Å². The lowest BCUT2D eigenvalue weighted by molar-refractivity contribution is 0.301. The quantitative estimate of drug-likeness (QED) is 0.268. The van der Waals surface area contributed by atoms with Gasteiger partial charge in [-0.15, -0.1) is 0 Å². The molecule has 3 aromatic carbocycles. The van der Waals surface area contributed by atoms with Crippen molar-refractivity contribution in [2.75, 3.05) is 0 Å². The maximum Gasteiger partial charge on any atom is 0.260 e. The first kappa shape index (κ1) is 18.4. The fraction of sp³-hybridized carbons (Fsp3) is 0.0400. The van der Waals surface area contributed by atoms with Gasteiger partial charge in [0.2, 0.25) is 0 Å². The number of nitrogens with one attached hydrogen (secondary N) is 1. The van der Waals surface area contributed by atoms with E-state index in [1.165, 1.54) is 6.21 Å². The Balaban J connectivity index is 2.05. The van der Waals surface area contributed by atoms with Gasteiger partial charge in [0.15, 0.2) is 5.76 Å². The van der Waals surface area contributed by atoms with Crippen LogP contribution in [-0.2, 0) is 4.84 Å². The predicted molar refractivity (Wildman–Crippen MR) is 120 cm³/mol. The standard InChI is InChI=1S/C25H20N2O2/c1-3-26-29-17(2)23-24(19-12-8-5-9-13-19)21-16-20(18-10-6-4-7-11-18)14-15-22(21)27-25(23)28/h3-16H,2H2,1H3,(H,27,28)/b26-3+. The number of hydrogen-bond donors (Lipinski definition) is 1. The molecule has 0 aliphatic rings. The Morgan fingerprint density at radius 3 is 2.24 bits per heavy atom. The predicted octanol–water partition coefficient (Wildman–Crippen LogP) is 5.86. The summed E-state index contributed by atoms with van der Waals surface area (Å²) in [6, 6.07) is 26.0. The van der Waals surface area contributed by atoms with E-state index in [4.69, 9.17) is 4.84 Å². The van der Waals surface area contributed by atoms with E-state index in [0.29, 0.717) is 5.56 Å². The average molecular weight is 380 g/mol. The van der Waals surface area contributed by atoms with Crippen molar-refractivity contribution in [1.82, 2.24) is 4.98 Å². The van der Waals surface area contributed by atoms with Crippen molar-refractivity contribution in [3.8, 4) is 22.3 Å². The van der Waals surface area contributed by atoms with E-state index in [0.717, 1.165) is 33.2 Å². The summed E-state index contributed by atoms with van der Waals surface area (Å²) in [6.45, 7) is 5.68. The summed E-state index contributed by atoms with van der Waals surface area (Å²) in [5, 5.41) is 4.71. The van der Waals surface area contributed by atoms with E-state index in [9.17, 15) is 4.79 Å². The highest BCUT2D eigenvalue weighted by Gasteiger charge is 2.19. The monoisotopic (exact) mass is 380 g/mol. The molecule has 142 valence electrons. The maximum atomic E-state index is 12.9. The smallest absolute Gasteiger partial charge is 0.260 e. The number of fused-ring (bicyclic) bond motifs is 1. The second-order valence-electron chi connectivity index (χ2n) is 6.57. The second-order valence-corrected chi connectivity index (χ2v) is 6.57. The Morgan fingerprint density at radius 1 is 0.931 bits per heavy atom. The molecule has 0 bridgehead atoms. The molecule has 0 atom stereocenters. The van der Waals surface area contributed by atoms with Crippen LogP contribution in [0.1, 0.15) is 12.5 Å². The third-order valence-corrected chi connectivity index (χ3v) is 4.73. The first-order valence-corrected chi connectivity index (χ1v) is 9.34. The molecule has 4 nitrogen and oxygen atoms in total. The number of pyridine rings is 1. The molecule has 4 heteroatoms. The Hall–Kier alpha value is -3.92. The van der Waals surface area contributed by atoms with Crippen molar-refractivity contribution >= 4 is 22.9 Å². The van der Waals surface area contributed by atoms with Gasteiger partial charge < -0.3 is 9.82 Å². The van der Waals surface area contributed by atoms with Crippen LogP contribution in [0.5, 0.6) is 0 Å². The van der Waals surface area contributed by atoms with E-state index >= 15 is 0 Å². The van der Waals surface area contributed by atoms with Gasteiger partial charge in [-0.25, -0.2) is 0 Å². The molecule has 0 spiro atoms. The van der Waals surface area contributed by atoms with Crippen LogP contribution in [0.15, 0.2) is 95.4 Å². The molecule has 4 rings (SSSR count). The van der Waals surface area contributed by atoms with Crippen molar-refractivity contribution < 1.29 is 4.84 Å². The van der Waals surface area contributed by atoms with Gasteiger partial charge in [-0.05, 0) is 35.7 Å². The van der Waals surface area contributed by atoms with E-state index in [2.05, 4.69) is 34.9 Å². The zero-order valence-corrected chi connectivity index (χ0v) is 16.1. The van der Waals surface area contributed by atoms with E-state index in [1.54, 1.807) is 6.92 Å². The maximum absolute atomic E-state index is 12.9. The third-order valence-electron chi connectivity index (χ3n) is 4.73. The van der Waals surface area contributed by atoms with Crippen molar-refractivity contribution in [1.29, 1.82) is 0 Å². The Morgan fingerprint density at radius 2 is 1.59 bits per heavy atom. The van der Waals surface area contributed by atoms with Gasteiger partial charge in [0.1, 0.15) is 0 Å². The van der Waals surface area contributed by atoms with Gasteiger partial charge in [-0.1, -0.05) is 78.5 Å². The van der Waals surface area contributed by atoms with Crippen molar-refractivity contribution in [3.05, 3.63) is 101 Å². The van der Waals surface area contributed by atoms with E-state index < -0.39 is 0 Å². The molecule has 0 saturated carbocycles. The fourth-order valence-electron chi connectivity index (χ4n) is 3.44. The number of oxime groups is 1. The number of H-pyrrole nitrogens is 1. The normalized spacial score (nSPS) is 11.1. The summed E-state index contributed by atoms with van der Waals surface area (Å²) >= 11 is 0. The summed E-state index contributed by atoms with van der Waals surface area (Å²) in [4.78, 5) is 21.2. The zero-order chi connectivity index (χ0) is 20.2. The molecule has 1 N–H and O–H groups in total. The van der Waals surface area contributed by atoms with Crippen LogP contribution >= 0.6 is 0 Å². The Labute approximate surface area is 168 Å². The van der Waals surface area contributed by atoms with Gasteiger partial charge in [-0.2, -0.15) is 0 Å². The van der Waals surface area contributed by atoms with Crippen LogP contribution in [0.2, 0.25) is 0 Å². The molecule has 1 aromatic heterocycles. The SMILES string of the molecule is C=C(O/N=C/C)c1c(-c2ccccc2)c2cc(-c3ccccc3)ccc2[nH]c1=O. The highest BCUT2D eigenvalue weighted by Crippen LogP contribution is 2.35. The number of aromatic nitrogens is 1. The minimum atomic E-state index is -0.264. The molecule has 0 aliphatic carbocycles. The van der Waals surface area contributed by atoms with Crippen molar-refractivity contribution in [2.24, 2.45) is 5.16 Å². The first-order chi connectivity index (χ1) is 14.2. The molecule has 0 saturated heterocycles. The summed E-state index contributed by atoms with van der Waals surface area (Å²) < 4.78 is 0. The zero-order valence-electron chi connectivity index (χ0n) is 16.1. The van der Waals surface area contributed by atoms with Crippen LogP contribution in [0.4, 0.5) is 0 Å². The molecule has 29 heavy (non-hydrogen) atoms. The number of aromatic amines is 1. The molecular weight excluding hydrogens is 360 g/mol. The molecule has 1 heterocycles.